The summed E-state index contributed by atoms with van der Waals surface area (Å²) in [6.07, 6.45) is 1.58. The highest BCUT2D eigenvalue weighted by Gasteiger charge is 2.03. The van der Waals surface area contributed by atoms with Crippen LogP contribution in [0.3, 0.4) is 0 Å². The summed E-state index contributed by atoms with van der Waals surface area (Å²) < 4.78 is 8.19. The summed E-state index contributed by atoms with van der Waals surface area (Å²) in [5, 5.41) is 7.52. The first kappa shape index (κ1) is 10.2. The smallest absolute Gasteiger partial charge is 0.237 e. The molecule has 1 heterocycles. The van der Waals surface area contributed by atoms with E-state index in [1.54, 1.807) is 17.9 Å². The minimum atomic E-state index is 0.616. The molecule has 2 rings (SSSR count). The fourth-order valence-corrected chi connectivity index (χ4v) is 1.49. The van der Waals surface area contributed by atoms with Crippen molar-refractivity contribution in [3.05, 3.63) is 34.4 Å². The third kappa shape index (κ3) is 2.18. The summed E-state index contributed by atoms with van der Waals surface area (Å²) in [6.45, 7) is 2.03. The molecule has 0 N–H and O–H groups in total. The molecule has 0 unspecified atom stereocenters. The zero-order valence-electron chi connectivity index (χ0n) is 8.44. The number of halogens is 1. The van der Waals surface area contributed by atoms with E-state index in [9.17, 15) is 0 Å². The monoisotopic (exact) mass is 267 g/mol. The maximum Gasteiger partial charge on any atom is 0.237 e. The van der Waals surface area contributed by atoms with Crippen LogP contribution in [0.4, 0.5) is 0 Å². The average Bonchev–Trinajstić information content (AvgIpc) is 2.59. The number of ether oxygens (including phenoxy) is 1. The standard InChI is InChI=1S/C10H10BrN3O/c1-7-3-4-8(5-9(7)11)15-10-6-12-13-14(10)2/h3-6H,1-2H3. The van der Waals surface area contributed by atoms with Gasteiger partial charge in [0.1, 0.15) is 11.9 Å². The molecule has 1 aromatic carbocycles. The number of hydrogen-bond acceptors (Lipinski definition) is 3. The Bertz CT molecular complexity index is 481. The lowest BCUT2D eigenvalue weighted by Gasteiger charge is -2.05. The molecule has 0 aliphatic heterocycles. The number of aromatic nitrogens is 3. The lowest BCUT2D eigenvalue weighted by molar-refractivity contribution is 0.429. The van der Waals surface area contributed by atoms with E-state index in [-0.39, 0.29) is 0 Å². The molecular weight excluding hydrogens is 258 g/mol. The summed E-state index contributed by atoms with van der Waals surface area (Å²) in [5.74, 6) is 1.38. The molecule has 0 radical (unpaired) electrons. The Morgan fingerprint density at radius 3 is 2.80 bits per heavy atom. The van der Waals surface area contributed by atoms with Gasteiger partial charge in [-0.15, -0.1) is 5.10 Å². The molecule has 0 fully saturated rings. The van der Waals surface area contributed by atoms with Crippen molar-refractivity contribution in [3.63, 3.8) is 0 Å². The van der Waals surface area contributed by atoms with Crippen LogP contribution in [0, 0.1) is 6.92 Å². The van der Waals surface area contributed by atoms with E-state index >= 15 is 0 Å². The average molecular weight is 268 g/mol. The lowest BCUT2D eigenvalue weighted by Crippen LogP contribution is -1.95. The van der Waals surface area contributed by atoms with Crippen molar-refractivity contribution in [2.45, 2.75) is 6.92 Å². The number of nitrogens with zero attached hydrogens (tertiary/aromatic N) is 3. The third-order valence-corrected chi connectivity index (χ3v) is 2.89. The van der Waals surface area contributed by atoms with E-state index in [0.29, 0.717) is 5.88 Å². The van der Waals surface area contributed by atoms with Crippen molar-refractivity contribution in [1.82, 2.24) is 15.0 Å². The maximum atomic E-state index is 5.59. The van der Waals surface area contributed by atoms with Crippen molar-refractivity contribution in [3.8, 4) is 11.6 Å². The summed E-state index contributed by atoms with van der Waals surface area (Å²) in [6, 6.07) is 5.82. The van der Waals surface area contributed by atoms with E-state index in [1.165, 1.54) is 5.56 Å². The Labute approximate surface area is 96.0 Å². The first-order chi connectivity index (χ1) is 7.16. The van der Waals surface area contributed by atoms with Gasteiger partial charge in [-0.05, 0) is 24.6 Å². The molecule has 0 atom stereocenters. The van der Waals surface area contributed by atoms with Gasteiger partial charge in [-0.3, -0.25) is 0 Å². The number of aryl methyl sites for hydroxylation is 2. The van der Waals surface area contributed by atoms with Gasteiger partial charge in [0.05, 0.1) is 0 Å². The van der Waals surface area contributed by atoms with Gasteiger partial charge in [0.2, 0.25) is 5.88 Å². The molecule has 0 aliphatic carbocycles. The van der Waals surface area contributed by atoms with Crippen LogP contribution in [-0.2, 0) is 7.05 Å². The highest BCUT2D eigenvalue weighted by Crippen LogP contribution is 2.25. The molecule has 2 aromatic rings. The van der Waals surface area contributed by atoms with Crippen LogP contribution in [0.5, 0.6) is 11.6 Å². The maximum absolute atomic E-state index is 5.59. The fraction of sp³-hybridized carbons (Fsp3) is 0.200. The predicted octanol–water partition coefficient (Wildman–Crippen LogP) is 2.68. The Hall–Kier alpha value is -1.36. The van der Waals surface area contributed by atoms with Gasteiger partial charge in [0.25, 0.3) is 0 Å². The van der Waals surface area contributed by atoms with E-state index in [4.69, 9.17) is 4.74 Å². The van der Waals surface area contributed by atoms with Crippen molar-refractivity contribution in [1.29, 1.82) is 0 Å². The Morgan fingerprint density at radius 2 is 2.20 bits per heavy atom. The summed E-state index contributed by atoms with van der Waals surface area (Å²) in [7, 11) is 1.78. The lowest BCUT2D eigenvalue weighted by atomic mass is 10.2. The minimum absolute atomic E-state index is 0.616. The molecule has 0 saturated heterocycles. The number of hydrogen-bond donors (Lipinski definition) is 0. The summed E-state index contributed by atoms with van der Waals surface area (Å²) >= 11 is 3.45. The van der Waals surface area contributed by atoms with Crippen molar-refractivity contribution >= 4 is 15.9 Å². The quantitative estimate of drug-likeness (QED) is 0.840. The van der Waals surface area contributed by atoms with Crippen LogP contribution >= 0.6 is 15.9 Å². The van der Waals surface area contributed by atoms with Crippen LogP contribution in [0.1, 0.15) is 5.56 Å². The van der Waals surface area contributed by atoms with Crippen molar-refractivity contribution < 1.29 is 4.74 Å². The molecule has 0 amide bonds. The van der Waals surface area contributed by atoms with E-state index in [2.05, 4.69) is 26.2 Å². The molecule has 0 spiro atoms. The second kappa shape index (κ2) is 4.02. The third-order valence-electron chi connectivity index (χ3n) is 2.04. The van der Waals surface area contributed by atoms with E-state index in [1.807, 2.05) is 25.1 Å². The molecule has 0 bridgehead atoms. The Kier molecular flexibility index (Phi) is 2.73. The highest BCUT2D eigenvalue weighted by atomic mass is 79.9. The van der Waals surface area contributed by atoms with Gasteiger partial charge in [0, 0.05) is 11.5 Å². The number of benzene rings is 1. The van der Waals surface area contributed by atoms with Gasteiger partial charge >= 0.3 is 0 Å². The molecule has 0 saturated carbocycles. The molecule has 78 valence electrons. The van der Waals surface area contributed by atoms with Crippen LogP contribution in [0.2, 0.25) is 0 Å². The van der Waals surface area contributed by atoms with Gasteiger partial charge in [0.15, 0.2) is 0 Å². The zero-order valence-corrected chi connectivity index (χ0v) is 10.0. The van der Waals surface area contributed by atoms with Crippen LogP contribution in [0.15, 0.2) is 28.9 Å². The predicted molar refractivity (Wildman–Crippen MR) is 60.0 cm³/mol. The fourth-order valence-electron chi connectivity index (χ4n) is 1.13. The highest BCUT2D eigenvalue weighted by molar-refractivity contribution is 9.10. The minimum Gasteiger partial charge on any atom is -0.438 e. The Balaban J connectivity index is 2.25. The van der Waals surface area contributed by atoms with Gasteiger partial charge < -0.3 is 4.74 Å². The zero-order chi connectivity index (χ0) is 10.8. The largest absolute Gasteiger partial charge is 0.438 e. The van der Waals surface area contributed by atoms with Crippen molar-refractivity contribution in [2.75, 3.05) is 0 Å². The molecule has 1 aromatic heterocycles. The Morgan fingerprint density at radius 1 is 1.40 bits per heavy atom. The van der Waals surface area contributed by atoms with Crippen LogP contribution in [0.25, 0.3) is 0 Å². The second-order valence-electron chi connectivity index (χ2n) is 3.21. The topological polar surface area (TPSA) is 39.9 Å². The SMILES string of the molecule is Cc1ccc(Oc2cnnn2C)cc1Br. The summed E-state index contributed by atoms with van der Waals surface area (Å²) in [4.78, 5) is 0. The molecule has 15 heavy (non-hydrogen) atoms. The van der Waals surface area contributed by atoms with Gasteiger partial charge in [-0.1, -0.05) is 27.2 Å². The number of rotatable bonds is 2. The first-order valence-corrected chi connectivity index (χ1v) is 5.25. The molecule has 0 aliphatic rings. The molecule has 5 heteroatoms. The summed E-state index contributed by atoms with van der Waals surface area (Å²) in [5.41, 5.74) is 1.17. The van der Waals surface area contributed by atoms with E-state index < -0.39 is 0 Å². The van der Waals surface area contributed by atoms with Crippen LogP contribution < -0.4 is 4.74 Å². The van der Waals surface area contributed by atoms with Gasteiger partial charge in [-0.2, -0.15) is 0 Å². The van der Waals surface area contributed by atoms with Gasteiger partial charge in [-0.25, -0.2) is 4.68 Å². The first-order valence-electron chi connectivity index (χ1n) is 4.45. The van der Waals surface area contributed by atoms with Crippen molar-refractivity contribution in [2.24, 2.45) is 7.05 Å². The van der Waals surface area contributed by atoms with E-state index in [0.717, 1.165) is 10.2 Å². The molecular formula is C10H10BrN3O. The molecule has 4 nitrogen and oxygen atoms in total. The second-order valence-corrected chi connectivity index (χ2v) is 4.06. The normalized spacial score (nSPS) is 10.3. The van der Waals surface area contributed by atoms with Crippen LogP contribution in [-0.4, -0.2) is 15.0 Å².